The number of carbonyl (C=O) groups excluding carboxylic acids is 1. The number of nitrogens with zero attached hydrogens (tertiary/aromatic N) is 1. The fraction of sp³-hybridized carbons (Fsp3) is 0.944. The second-order valence-electron chi connectivity index (χ2n) is 8.13. The standard InChI is InChI=1S/C18H32ClN3O6S/c1-8(19)10(16-13(24)12(23)14(25)18(28-16)29-3)21-17(26)11-15-9(6-20-11)7-22(2)4-5-27-15/h8-16,18,20,23-25H,4-7H2,1-3H3,(H,21,26)/t8-,9+,10+,11-,12?,13?,14?,15+,16?,18?/m0/s1. The Labute approximate surface area is 180 Å². The van der Waals surface area contributed by atoms with Crippen molar-refractivity contribution >= 4 is 29.3 Å². The molecule has 0 radical (unpaired) electrons. The predicted octanol–water partition coefficient (Wildman–Crippen LogP) is -1.81. The van der Waals surface area contributed by atoms with Gasteiger partial charge in [-0.25, -0.2) is 0 Å². The second-order valence-corrected chi connectivity index (χ2v) is 9.76. The molecule has 168 valence electrons. The lowest BCUT2D eigenvalue weighted by Crippen LogP contribution is -2.65. The second kappa shape index (κ2) is 9.97. The first-order chi connectivity index (χ1) is 13.7. The van der Waals surface area contributed by atoms with Gasteiger partial charge in [-0.15, -0.1) is 23.4 Å². The van der Waals surface area contributed by atoms with E-state index in [1.807, 2.05) is 7.05 Å². The summed E-state index contributed by atoms with van der Waals surface area (Å²) < 4.78 is 11.8. The van der Waals surface area contributed by atoms with Gasteiger partial charge >= 0.3 is 0 Å². The fourth-order valence-corrected chi connectivity index (χ4v) is 5.22. The molecule has 10 atom stereocenters. The van der Waals surface area contributed by atoms with E-state index in [-0.39, 0.29) is 17.9 Å². The molecule has 0 aromatic carbocycles. The van der Waals surface area contributed by atoms with Gasteiger partial charge < -0.3 is 40.3 Å². The Bertz CT molecular complexity index is 574. The number of fused-ring (bicyclic) bond motifs is 1. The van der Waals surface area contributed by atoms with Gasteiger partial charge in [0.25, 0.3) is 0 Å². The van der Waals surface area contributed by atoms with Crippen molar-refractivity contribution in [3.63, 3.8) is 0 Å². The van der Waals surface area contributed by atoms with E-state index in [0.717, 1.165) is 13.1 Å². The fourth-order valence-electron chi connectivity index (χ4n) is 4.34. The number of rotatable bonds is 5. The van der Waals surface area contributed by atoms with Crippen LogP contribution in [0.2, 0.25) is 0 Å². The molecule has 0 aromatic rings. The van der Waals surface area contributed by atoms with Gasteiger partial charge in [0.1, 0.15) is 35.9 Å². The van der Waals surface area contributed by atoms with Crippen molar-refractivity contribution in [2.24, 2.45) is 5.92 Å². The van der Waals surface area contributed by atoms with Crippen molar-refractivity contribution in [3.8, 4) is 0 Å². The number of thioether (sulfide) groups is 1. The van der Waals surface area contributed by atoms with E-state index in [2.05, 4.69) is 15.5 Å². The van der Waals surface area contributed by atoms with Crippen LogP contribution >= 0.6 is 23.4 Å². The molecule has 0 aromatic heterocycles. The Kier molecular flexibility index (Phi) is 8.08. The number of aliphatic hydroxyl groups is 3. The highest BCUT2D eigenvalue weighted by atomic mass is 35.5. The van der Waals surface area contributed by atoms with Crippen molar-refractivity contribution in [2.45, 2.75) is 60.3 Å². The number of halogens is 1. The summed E-state index contributed by atoms with van der Waals surface area (Å²) in [5, 5.41) is 36.3. The van der Waals surface area contributed by atoms with Crippen molar-refractivity contribution < 1.29 is 29.6 Å². The van der Waals surface area contributed by atoms with Gasteiger partial charge in [-0.2, -0.15) is 0 Å². The highest BCUT2D eigenvalue weighted by Gasteiger charge is 2.49. The molecule has 5 unspecified atom stereocenters. The average molecular weight is 454 g/mol. The van der Waals surface area contributed by atoms with Crippen LogP contribution in [0.4, 0.5) is 0 Å². The molecule has 3 aliphatic rings. The number of hydrogen-bond acceptors (Lipinski definition) is 9. The van der Waals surface area contributed by atoms with E-state index in [9.17, 15) is 20.1 Å². The molecule has 3 fully saturated rings. The molecule has 29 heavy (non-hydrogen) atoms. The Morgan fingerprint density at radius 1 is 1.31 bits per heavy atom. The lowest BCUT2D eigenvalue weighted by molar-refractivity contribution is -0.205. The zero-order chi connectivity index (χ0) is 21.3. The molecule has 3 saturated heterocycles. The van der Waals surface area contributed by atoms with E-state index < -0.39 is 47.3 Å². The van der Waals surface area contributed by atoms with Gasteiger partial charge in [0, 0.05) is 25.6 Å². The Morgan fingerprint density at radius 3 is 2.69 bits per heavy atom. The van der Waals surface area contributed by atoms with Crippen LogP contribution in [0.3, 0.4) is 0 Å². The molecule has 3 heterocycles. The summed E-state index contributed by atoms with van der Waals surface area (Å²) in [4.78, 5) is 15.3. The molecule has 1 amide bonds. The highest BCUT2D eigenvalue weighted by Crippen LogP contribution is 2.30. The summed E-state index contributed by atoms with van der Waals surface area (Å²) in [6, 6.07) is -1.29. The Morgan fingerprint density at radius 2 is 2.03 bits per heavy atom. The zero-order valence-corrected chi connectivity index (χ0v) is 18.5. The third-order valence-electron chi connectivity index (χ3n) is 6.00. The van der Waals surface area contributed by atoms with Crippen LogP contribution in [-0.2, 0) is 14.3 Å². The van der Waals surface area contributed by atoms with Crippen LogP contribution in [-0.4, -0.2) is 119 Å². The van der Waals surface area contributed by atoms with Gasteiger partial charge in [0.15, 0.2) is 0 Å². The lowest BCUT2D eigenvalue weighted by atomic mass is 9.92. The zero-order valence-electron chi connectivity index (χ0n) is 16.9. The summed E-state index contributed by atoms with van der Waals surface area (Å²) in [5.74, 6) is -0.0730. The Balaban J connectivity index is 1.71. The van der Waals surface area contributed by atoms with Gasteiger partial charge in [-0.05, 0) is 20.2 Å². The first kappa shape index (κ1) is 23.5. The maximum absolute atomic E-state index is 13.1. The highest BCUT2D eigenvalue weighted by molar-refractivity contribution is 7.99. The number of nitrogens with one attached hydrogen (secondary N) is 2. The number of hydrogen-bond donors (Lipinski definition) is 5. The van der Waals surface area contributed by atoms with Crippen molar-refractivity contribution in [3.05, 3.63) is 0 Å². The molecule has 0 bridgehead atoms. The number of likely N-dealkylation sites (N-methyl/N-ethyl adjacent to an activating group) is 1. The van der Waals surface area contributed by atoms with E-state index in [1.54, 1.807) is 13.2 Å². The van der Waals surface area contributed by atoms with Gasteiger partial charge in [-0.1, -0.05) is 0 Å². The molecule has 0 saturated carbocycles. The van der Waals surface area contributed by atoms with Crippen LogP contribution in [0.1, 0.15) is 6.92 Å². The smallest absolute Gasteiger partial charge is 0.240 e. The minimum absolute atomic E-state index is 0.208. The van der Waals surface area contributed by atoms with Crippen LogP contribution in [0.15, 0.2) is 0 Å². The molecular formula is C18H32ClN3O6S. The molecule has 9 nitrogen and oxygen atoms in total. The SMILES string of the molecule is CSC1OC([C@H](NC(=O)[C@H]2NC[C@@H]3CN(C)CCO[C@H]32)[C@H](C)Cl)C(O)C(O)C1O. The minimum Gasteiger partial charge on any atom is -0.388 e. The number of aliphatic hydroxyl groups excluding tert-OH is 3. The molecule has 11 heteroatoms. The molecular weight excluding hydrogens is 422 g/mol. The van der Waals surface area contributed by atoms with Gasteiger partial charge in [0.05, 0.1) is 24.1 Å². The molecule has 5 N–H and O–H groups in total. The maximum Gasteiger partial charge on any atom is 0.240 e. The summed E-state index contributed by atoms with van der Waals surface area (Å²) >= 11 is 7.55. The topological polar surface area (TPSA) is 124 Å². The third kappa shape index (κ3) is 5.02. The van der Waals surface area contributed by atoms with E-state index in [0.29, 0.717) is 13.2 Å². The number of alkyl halides is 1. The Hall–Kier alpha value is -0.170. The average Bonchev–Trinajstić information content (AvgIpc) is 2.97. The molecule has 3 aliphatic heterocycles. The van der Waals surface area contributed by atoms with E-state index >= 15 is 0 Å². The van der Waals surface area contributed by atoms with Crippen LogP contribution in [0.25, 0.3) is 0 Å². The lowest BCUT2D eigenvalue weighted by Gasteiger charge is -2.44. The summed E-state index contributed by atoms with van der Waals surface area (Å²) in [6.07, 6.45) is -3.47. The van der Waals surface area contributed by atoms with Crippen LogP contribution in [0, 0.1) is 5.92 Å². The maximum atomic E-state index is 13.1. The van der Waals surface area contributed by atoms with E-state index in [1.165, 1.54) is 11.8 Å². The summed E-state index contributed by atoms with van der Waals surface area (Å²) in [6.45, 7) is 4.59. The van der Waals surface area contributed by atoms with Crippen molar-refractivity contribution in [1.29, 1.82) is 0 Å². The first-order valence-electron chi connectivity index (χ1n) is 9.95. The number of ether oxygens (including phenoxy) is 2. The monoisotopic (exact) mass is 453 g/mol. The number of carbonyl (C=O) groups is 1. The number of amides is 1. The predicted molar refractivity (Wildman–Crippen MR) is 110 cm³/mol. The summed E-state index contributed by atoms with van der Waals surface area (Å²) in [7, 11) is 2.04. The first-order valence-corrected chi connectivity index (χ1v) is 11.7. The van der Waals surface area contributed by atoms with Gasteiger partial charge in [0.2, 0.25) is 5.91 Å². The van der Waals surface area contributed by atoms with Crippen LogP contribution < -0.4 is 10.6 Å². The minimum atomic E-state index is -1.39. The molecule has 3 rings (SSSR count). The van der Waals surface area contributed by atoms with Crippen LogP contribution in [0.5, 0.6) is 0 Å². The molecule has 0 aliphatic carbocycles. The normalized spacial score (nSPS) is 43.3. The van der Waals surface area contributed by atoms with Gasteiger partial charge in [-0.3, -0.25) is 4.79 Å². The van der Waals surface area contributed by atoms with Crippen molar-refractivity contribution in [1.82, 2.24) is 15.5 Å². The van der Waals surface area contributed by atoms with E-state index in [4.69, 9.17) is 21.1 Å². The largest absolute Gasteiger partial charge is 0.388 e. The summed E-state index contributed by atoms with van der Waals surface area (Å²) in [5.41, 5.74) is -0.733. The third-order valence-corrected chi connectivity index (χ3v) is 7.13. The van der Waals surface area contributed by atoms with Crippen molar-refractivity contribution in [2.75, 3.05) is 39.5 Å². The molecule has 0 spiro atoms. The quantitative estimate of drug-likeness (QED) is 0.306.